The molecule has 0 radical (unpaired) electrons. The standard InChI is InChI=1S/C12H12N2O2/c1-16-8-4-5-9-10(7-8)13-11-3-2-6-14(11)12(9)15/h4-5,7H,2-3,6H2,1H3. The lowest BCUT2D eigenvalue weighted by molar-refractivity contribution is 0.415. The van der Waals surface area contributed by atoms with Crippen LogP contribution in [-0.4, -0.2) is 16.7 Å². The van der Waals surface area contributed by atoms with Gasteiger partial charge in [0.15, 0.2) is 0 Å². The van der Waals surface area contributed by atoms with Crippen molar-refractivity contribution in [1.29, 1.82) is 0 Å². The van der Waals surface area contributed by atoms with Crippen molar-refractivity contribution in [2.45, 2.75) is 19.4 Å². The molecule has 1 aliphatic heterocycles. The molecular weight excluding hydrogens is 204 g/mol. The summed E-state index contributed by atoms with van der Waals surface area (Å²) in [5.74, 6) is 1.63. The number of ether oxygens (including phenoxy) is 1. The molecule has 0 unspecified atom stereocenters. The zero-order valence-electron chi connectivity index (χ0n) is 9.06. The van der Waals surface area contributed by atoms with Crippen LogP contribution in [0.2, 0.25) is 0 Å². The summed E-state index contributed by atoms with van der Waals surface area (Å²) in [6.07, 6.45) is 1.90. The smallest absolute Gasteiger partial charge is 0.261 e. The molecule has 4 nitrogen and oxygen atoms in total. The van der Waals surface area contributed by atoms with Crippen LogP contribution in [0.15, 0.2) is 23.0 Å². The lowest BCUT2D eigenvalue weighted by atomic mass is 10.2. The van der Waals surface area contributed by atoms with Crippen molar-refractivity contribution < 1.29 is 4.74 Å². The van der Waals surface area contributed by atoms with Crippen LogP contribution in [0.3, 0.4) is 0 Å². The van der Waals surface area contributed by atoms with Gasteiger partial charge in [0.05, 0.1) is 18.0 Å². The Kier molecular flexibility index (Phi) is 1.96. The molecule has 16 heavy (non-hydrogen) atoms. The highest BCUT2D eigenvalue weighted by atomic mass is 16.5. The first-order chi connectivity index (χ1) is 7.79. The molecule has 0 N–H and O–H groups in total. The number of nitrogens with zero attached hydrogens (tertiary/aromatic N) is 2. The Morgan fingerprint density at radius 2 is 2.31 bits per heavy atom. The van der Waals surface area contributed by atoms with E-state index < -0.39 is 0 Å². The molecule has 0 aliphatic carbocycles. The van der Waals surface area contributed by atoms with Crippen molar-refractivity contribution in [3.05, 3.63) is 34.4 Å². The number of rotatable bonds is 1. The molecule has 0 spiro atoms. The van der Waals surface area contributed by atoms with Crippen LogP contribution in [0, 0.1) is 0 Å². The summed E-state index contributed by atoms with van der Waals surface area (Å²) in [5, 5.41) is 0.673. The lowest BCUT2D eigenvalue weighted by Crippen LogP contribution is -2.20. The van der Waals surface area contributed by atoms with E-state index >= 15 is 0 Å². The quantitative estimate of drug-likeness (QED) is 0.722. The van der Waals surface area contributed by atoms with Gasteiger partial charge in [0.1, 0.15) is 11.6 Å². The number of methoxy groups -OCH3 is 1. The van der Waals surface area contributed by atoms with Crippen LogP contribution in [0.1, 0.15) is 12.2 Å². The summed E-state index contributed by atoms with van der Waals surface area (Å²) in [5.41, 5.74) is 0.803. The fourth-order valence-corrected chi connectivity index (χ4v) is 2.19. The maximum Gasteiger partial charge on any atom is 0.261 e. The fourth-order valence-electron chi connectivity index (χ4n) is 2.19. The highest BCUT2D eigenvalue weighted by Gasteiger charge is 2.15. The molecule has 2 heterocycles. The van der Waals surface area contributed by atoms with E-state index in [-0.39, 0.29) is 5.56 Å². The minimum atomic E-state index is 0.0696. The Bertz CT molecular complexity index is 616. The van der Waals surface area contributed by atoms with Gasteiger partial charge in [-0.3, -0.25) is 9.36 Å². The van der Waals surface area contributed by atoms with Gasteiger partial charge in [0.2, 0.25) is 0 Å². The number of hydrogen-bond acceptors (Lipinski definition) is 3. The van der Waals surface area contributed by atoms with E-state index in [9.17, 15) is 4.79 Å². The molecule has 1 aliphatic rings. The van der Waals surface area contributed by atoms with Crippen LogP contribution in [0.5, 0.6) is 5.75 Å². The van der Waals surface area contributed by atoms with Crippen LogP contribution in [-0.2, 0) is 13.0 Å². The third-order valence-corrected chi connectivity index (χ3v) is 3.02. The molecule has 0 fully saturated rings. The zero-order valence-corrected chi connectivity index (χ0v) is 9.06. The second kappa shape index (κ2) is 3.33. The molecule has 1 aromatic heterocycles. The molecule has 0 amide bonds. The van der Waals surface area contributed by atoms with E-state index in [1.807, 2.05) is 6.07 Å². The van der Waals surface area contributed by atoms with Crippen LogP contribution in [0.25, 0.3) is 10.9 Å². The normalized spacial score (nSPS) is 14.1. The van der Waals surface area contributed by atoms with Gasteiger partial charge in [-0.1, -0.05) is 0 Å². The van der Waals surface area contributed by atoms with Crippen molar-refractivity contribution in [1.82, 2.24) is 9.55 Å². The Balaban J connectivity index is 2.37. The van der Waals surface area contributed by atoms with Gasteiger partial charge in [-0.05, 0) is 18.6 Å². The summed E-state index contributed by atoms with van der Waals surface area (Å²) in [4.78, 5) is 16.6. The molecule has 0 saturated heterocycles. The van der Waals surface area contributed by atoms with Crippen molar-refractivity contribution in [3.63, 3.8) is 0 Å². The van der Waals surface area contributed by atoms with E-state index in [4.69, 9.17) is 4.74 Å². The number of benzene rings is 1. The number of aromatic nitrogens is 2. The van der Waals surface area contributed by atoms with Gasteiger partial charge in [-0.15, -0.1) is 0 Å². The molecule has 4 heteroatoms. The SMILES string of the molecule is COc1ccc2c(=O)n3c(nc2c1)CCC3. The summed E-state index contributed by atoms with van der Waals surface area (Å²) in [7, 11) is 1.61. The largest absolute Gasteiger partial charge is 0.497 e. The first kappa shape index (κ1) is 9.39. The Morgan fingerprint density at radius 3 is 3.12 bits per heavy atom. The maximum atomic E-state index is 12.1. The van der Waals surface area contributed by atoms with Gasteiger partial charge in [0.25, 0.3) is 5.56 Å². The average molecular weight is 216 g/mol. The summed E-state index contributed by atoms with van der Waals surface area (Å²) in [6, 6.07) is 5.40. The van der Waals surface area contributed by atoms with Crippen LogP contribution in [0.4, 0.5) is 0 Å². The van der Waals surface area contributed by atoms with Gasteiger partial charge in [0, 0.05) is 19.0 Å². The Hall–Kier alpha value is -1.84. The highest BCUT2D eigenvalue weighted by molar-refractivity contribution is 5.79. The number of aryl methyl sites for hydroxylation is 1. The molecule has 0 bridgehead atoms. The monoisotopic (exact) mass is 216 g/mol. The molecule has 0 atom stereocenters. The second-order valence-electron chi connectivity index (χ2n) is 3.97. The summed E-state index contributed by atoms with van der Waals surface area (Å²) < 4.78 is 6.91. The predicted molar refractivity (Wildman–Crippen MR) is 60.9 cm³/mol. The van der Waals surface area contributed by atoms with E-state index in [0.717, 1.165) is 36.5 Å². The highest BCUT2D eigenvalue weighted by Crippen LogP contribution is 2.19. The molecule has 3 rings (SSSR count). The fraction of sp³-hybridized carbons (Fsp3) is 0.333. The van der Waals surface area contributed by atoms with Gasteiger partial charge < -0.3 is 4.74 Å². The van der Waals surface area contributed by atoms with E-state index in [0.29, 0.717) is 5.39 Å². The van der Waals surface area contributed by atoms with Crippen molar-refractivity contribution in [2.75, 3.05) is 7.11 Å². The third kappa shape index (κ3) is 1.23. The summed E-state index contributed by atoms with van der Waals surface area (Å²) >= 11 is 0. The van der Waals surface area contributed by atoms with Crippen LogP contribution >= 0.6 is 0 Å². The maximum absolute atomic E-state index is 12.1. The van der Waals surface area contributed by atoms with Crippen molar-refractivity contribution >= 4 is 10.9 Å². The van der Waals surface area contributed by atoms with Crippen LogP contribution < -0.4 is 10.3 Å². The molecule has 0 saturated carbocycles. The first-order valence-electron chi connectivity index (χ1n) is 5.37. The zero-order chi connectivity index (χ0) is 11.1. The predicted octanol–water partition coefficient (Wildman–Crippen LogP) is 1.35. The molecule has 82 valence electrons. The molecule has 1 aromatic carbocycles. The second-order valence-corrected chi connectivity index (χ2v) is 3.97. The summed E-state index contributed by atoms with van der Waals surface area (Å²) in [6.45, 7) is 0.795. The first-order valence-corrected chi connectivity index (χ1v) is 5.37. The Labute approximate surface area is 92.5 Å². The van der Waals surface area contributed by atoms with E-state index in [1.165, 1.54) is 0 Å². The van der Waals surface area contributed by atoms with E-state index in [1.54, 1.807) is 23.8 Å². The molecular formula is C12H12N2O2. The Morgan fingerprint density at radius 1 is 1.44 bits per heavy atom. The van der Waals surface area contributed by atoms with Gasteiger partial charge in [-0.2, -0.15) is 0 Å². The van der Waals surface area contributed by atoms with Crippen molar-refractivity contribution in [2.24, 2.45) is 0 Å². The minimum absolute atomic E-state index is 0.0696. The minimum Gasteiger partial charge on any atom is -0.497 e. The number of fused-ring (bicyclic) bond motifs is 2. The van der Waals surface area contributed by atoms with E-state index in [2.05, 4.69) is 4.98 Å². The number of hydrogen-bond donors (Lipinski definition) is 0. The molecule has 2 aromatic rings. The van der Waals surface area contributed by atoms with Gasteiger partial charge >= 0.3 is 0 Å². The van der Waals surface area contributed by atoms with Gasteiger partial charge in [-0.25, -0.2) is 4.98 Å². The lowest BCUT2D eigenvalue weighted by Gasteiger charge is -2.06. The van der Waals surface area contributed by atoms with Crippen molar-refractivity contribution in [3.8, 4) is 5.75 Å². The average Bonchev–Trinajstić information content (AvgIpc) is 2.77. The topological polar surface area (TPSA) is 44.1 Å². The third-order valence-electron chi connectivity index (χ3n) is 3.02.